The molecule has 1 aromatic carbocycles. The standard InChI is InChI=1S/C17H16F5N3OS/c1-24-16(27-11-4-2-3-5-11)14(15(23-24)17(20,21)22)25(9-26)13-7-6-10(18)8-12(13)19/h6-9,11H,2-5H2,1H3. The van der Waals surface area contributed by atoms with Crippen molar-refractivity contribution < 1.29 is 26.7 Å². The first-order valence-electron chi connectivity index (χ1n) is 8.22. The predicted octanol–water partition coefficient (Wildman–Crippen LogP) is 5.05. The highest BCUT2D eigenvalue weighted by Gasteiger charge is 2.42. The summed E-state index contributed by atoms with van der Waals surface area (Å²) in [5.74, 6) is -2.04. The van der Waals surface area contributed by atoms with E-state index >= 15 is 0 Å². The Morgan fingerprint density at radius 2 is 1.93 bits per heavy atom. The molecule has 1 aliphatic carbocycles. The molecule has 0 unspecified atom stereocenters. The number of carbonyl (C=O) groups excluding carboxylic acids is 1. The molecule has 146 valence electrons. The van der Waals surface area contributed by atoms with Crippen LogP contribution in [0, 0.1) is 11.6 Å². The molecule has 0 spiro atoms. The van der Waals surface area contributed by atoms with Gasteiger partial charge in [0.15, 0.2) is 5.69 Å². The number of rotatable bonds is 5. The molecule has 2 aromatic rings. The first-order valence-corrected chi connectivity index (χ1v) is 9.10. The number of carbonyl (C=O) groups is 1. The number of aromatic nitrogens is 2. The van der Waals surface area contributed by atoms with Crippen LogP contribution in [0.5, 0.6) is 0 Å². The van der Waals surface area contributed by atoms with Gasteiger partial charge in [0.05, 0.1) is 5.69 Å². The molecule has 0 aliphatic heterocycles. The number of nitrogens with zero attached hydrogens (tertiary/aromatic N) is 3. The first kappa shape index (κ1) is 19.7. The average molecular weight is 405 g/mol. The summed E-state index contributed by atoms with van der Waals surface area (Å²) in [6, 6.07) is 2.32. The Morgan fingerprint density at radius 1 is 1.26 bits per heavy atom. The molecule has 1 saturated carbocycles. The highest BCUT2D eigenvalue weighted by atomic mass is 32.2. The van der Waals surface area contributed by atoms with Gasteiger partial charge in [0, 0.05) is 18.4 Å². The highest BCUT2D eigenvalue weighted by molar-refractivity contribution is 8.00. The fourth-order valence-electron chi connectivity index (χ4n) is 3.11. The van der Waals surface area contributed by atoms with Gasteiger partial charge in [-0.25, -0.2) is 8.78 Å². The molecule has 0 N–H and O–H groups in total. The van der Waals surface area contributed by atoms with Crippen molar-refractivity contribution in [3.8, 4) is 0 Å². The molecule has 4 nitrogen and oxygen atoms in total. The van der Waals surface area contributed by atoms with E-state index in [-0.39, 0.29) is 16.7 Å². The van der Waals surface area contributed by atoms with Gasteiger partial charge in [0.25, 0.3) is 0 Å². The summed E-state index contributed by atoms with van der Waals surface area (Å²) < 4.78 is 69.1. The van der Waals surface area contributed by atoms with Gasteiger partial charge < -0.3 is 0 Å². The first-order chi connectivity index (χ1) is 12.7. The van der Waals surface area contributed by atoms with E-state index in [4.69, 9.17) is 0 Å². The van der Waals surface area contributed by atoms with Crippen LogP contribution in [-0.2, 0) is 18.0 Å². The van der Waals surface area contributed by atoms with E-state index < -0.39 is 34.9 Å². The van der Waals surface area contributed by atoms with Gasteiger partial charge in [-0.15, -0.1) is 11.8 Å². The maximum Gasteiger partial charge on any atom is 0.437 e. The third-order valence-corrected chi connectivity index (χ3v) is 5.82. The normalized spacial score (nSPS) is 15.3. The lowest BCUT2D eigenvalue weighted by Crippen LogP contribution is -2.20. The number of benzene rings is 1. The Balaban J connectivity index is 2.16. The van der Waals surface area contributed by atoms with Crippen LogP contribution in [0.4, 0.5) is 33.3 Å². The Kier molecular flexibility index (Phi) is 5.45. The van der Waals surface area contributed by atoms with E-state index in [0.717, 1.165) is 42.5 Å². The molecule has 0 saturated heterocycles. The molecule has 27 heavy (non-hydrogen) atoms. The molecule has 1 heterocycles. The monoisotopic (exact) mass is 405 g/mol. The lowest BCUT2D eigenvalue weighted by atomic mass is 10.2. The summed E-state index contributed by atoms with van der Waals surface area (Å²) in [4.78, 5) is 12.2. The summed E-state index contributed by atoms with van der Waals surface area (Å²) in [6.45, 7) is 0. The number of anilines is 2. The number of alkyl halides is 3. The Hall–Kier alpha value is -2.10. The molecule has 0 radical (unpaired) electrons. The molecule has 1 aliphatic rings. The van der Waals surface area contributed by atoms with E-state index in [1.54, 1.807) is 0 Å². The van der Waals surface area contributed by atoms with Crippen molar-refractivity contribution in [1.82, 2.24) is 9.78 Å². The minimum absolute atomic E-state index is 0.0846. The number of aryl methyl sites for hydroxylation is 1. The van der Waals surface area contributed by atoms with Crippen molar-refractivity contribution in [2.45, 2.75) is 42.1 Å². The molecule has 1 aromatic heterocycles. The zero-order valence-corrected chi connectivity index (χ0v) is 15.1. The molecule has 1 amide bonds. The minimum atomic E-state index is -4.85. The lowest BCUT2D eigenvalue weighted by Gasteiger charge is -2.21. The maximum atomic E-state index is 14.2. The van der Waals surface area contributed by atoms with Crippen LogP contribution in [-0.4, -0.2) is 21.4 Å². The lowest BCUT2D eigenvalue weighted by molar-refractivity contribution is -0.140. The second kappa shape index (κ2) is 7.49. The molecule has 0 atom stereocenters. The molecule has 3 rings (SSSR count). The second-order valence-electron chi connectivity index (χ2n) is 6.22. The molecule has 10 heteroatoms. The van der Waals surface area contributed by atoms with Crippen molar-refractivity contribution in [2.24, 2.45) is 7.05 Å². The molecule has 0 bridgehead atoms. The van der Waals surface area contributed by atoms with Gasteiger partial charge in [0.2, 0.25) is 6.41 Å². The Morgan fingerprint density at radius 3 is 2.48 bits per heavy atom. The van der Waals surface area contributed by atoms with Crippen LogP contribution in [0.1, 0.15) is 31.4 Å². The zero-order valence-electron chi connectivity index (χ0n) is 14.3. The van der Waals surface area contributed by atoms with Crippen molar-refractivity contribution in [2.75, 3.05) is 4.90 Å². The van der Waals surface area contributed by atoms with Crippen molar-refractivity contribution in [3.05, 3.63) is 35.5 Å². The van der Waals surface area contributed by atoms with Gasteiger partial charge in [-0.05, 0) is 25.0 Å². The number of thioether (sulfide) groups is 1. The van der Waals surface area contributed by atoms with Crippen LogP contribution < -0.4 is 4.90 Å². The highest BCUT2D eigenvalue weighted by Crippen LogP contribution is 2.46. The summed E-state index contributed by atoms with van der Waals surface area (Å²) in [7, 11) is 1.35. The quantitative estimate of drug-likeness (QED) is 0.516. The number of amides is 1. The number of hydrogen-bond acceptors (Lipinski definition) is 3. The minimum Gasteiger partial charge on any atom is -0.278 e. The third kappa shape index (κ3) is 3.95. The molecule has 1 fully saturated rings. The summed E-state index contributed by atoms with van der Waals surface area (Å²) in [5.41, 5.74) is -2.30. The smallest absolute Gasteiger partial charge is 0.278 e. The summed E-state index contributed by atoms with van der Waals surface area (Å²) in [5, 5.41) is 3.74. The van der Waals surface area contributed by atoms with Crippen LogP contribution >= 0.6 is 11.8 Å². The zero-order chi connectivity index (χ0) is 19.8. The molecular weight excluding hydrogens is 389 g/mol. The van der Waals surface area contributed by atoms with Crippen LogP contribution in [0.25, 0.3) is 0 Å². The van der Waals surface area contributed by atoms with Crippen molar-refractivity contribution >= 4 is 29.5 Å². The maximum absolute atomic E-state index is 14.2. The second-order valence-corrected chi connectivity index (χ2v) is 7.51. The average Bonchev–Trinajstić information content (AvgIpc) is 3.20. The van der Waals surface area contributed by atoms with Gasteiger partial charge in [-0.2, -0.15) is 18.3 Å². The van der Waals surface area contributed by atoms with E-state index in [0.29, 0.717) is 11.0 Å². The van der Waals surface area contributed by atoms with E-state index in [1.165, 1.54) is 18.8 Å². The van der Waals surface area contributed by atoms with E-state index in [1.807, 2.05) is 0 Å². The SMILES string of the molecule is Cn1nc(C(F)(F)F)c(N(C=O)c2ccc(F)cc2F)c1SC1CCCC1. The predicted molar refractivity (Wildman–Crippen MR) is 90.9 cm³/mol. The number of halogens is 5. The summed E-state index contributed by atoms with van der Waals surface area (Å²) in [6.07, 6.45) is -1.15. The fraction of sp³-hybridized carbons (Fsp3) is 0.412. The van der Waals surface area contributed by atoms with Crippen molar-refractivity contribution in [3.63, 3.8) is 0 Å². The largest absolute Gasteiger partial charge is 0.437 e. The number of hydrogen-bond donors (Lipinski definition) is 0. The van der Waals surface area contributed by atoms with Crippen LogP contribution in [0.3, 0.4) is 0 Å². The van der Waals surface area contributed by atoms with Gasteiger partial charge in [-0.1, -0.05) is 12.8 Å². The van der Waals surface area contributed by atoms with Gasteiger partial charge in [0.1, 0.15) is 22.3 Å². The van der Waals surface area contributed by atoms with E-state index in [2.05, 4.69) is 5.10 Å². The summed E-state index contributed by atoms with van der Waals surface area (Å²) >= 11 is 1.19. The van der Waals surface area contributed by atoms with Crippen LogP contribution in [0.2, 0.25) is 0 Å². The van der Waals surface area contributed by atoms with E-state index in [9.17, 15) is 26.7 Å². The van der Waals surface area contributed by atoms with Gasteiger partial charge >= 0.3 is 6.18 Å². The topological polar surface area (TPSA) is 38.1 Å². The van der Waals surface area contributed by atoms with Gasteiger partial charge in [-0.3, -0.25) is 14.4 Å². The van der Waals surface area contributed by atoms with Crippen LogP contribution in [0.15, 0.2) is 23.2 Å². The Bertz CT molecular complexity index is 846. The molecular formula is C17H16F5N3OS. The van der Waals surface area contributed by atoms with Crippen molar-refractivity contribution in [1.29, 1.82) is 0 Å². The third-order valence-electron chi connectivity index (χ3n) is 4.34. The fourth-order valence-corrected chi connectivity index (χ4v) is 4.49. The Labute approximate surface area is 156 Å².